The van der Waals surface area contributed by atoms with Gasteiger partial charge in [-0.05, 0) is 19.3 Å². The molecule has 1 aliphatic carbocycles. The highest BCUT2D eigenvalue weighted by Gasteiger charge is 2.29. The van der Waals surface area contributed by atoms with Crippen LogP contribution in [-0.4, -0.2) is 34.5 Å². The van der Waals surface area contributed by atoms with E-state index in [1.807, 2.05) is 0 Å². The van der Waals surface area contributed by atoms with E-state index in [2.05, 4.69) is 5.32 Å². The van der Waals surface area contributed by atoms with Crippen LogP contribution in [0.4, 0.5) is 4.79 Å². The summed E-state index contributed by atoms with van der Waals surface area (Å²) in [7, 11) is 0. The van der Waals surface area contributed by atoms with Gasteiger partial charge in [-0.3, -0.25) is 0 Å². The summed E-state index contributed by atoms with van der Waals surface area (Å²) in [6.07, 6.45) is 0.545. The molecule has 0 aromatic carbocycles. The third-order valence-corrected chi connectivity index (χ3v) is 2.23. The average Bonchev–Trinajstić information content (AvgIpc) is 1.98. The molecule has 0 aromatic heterocycles. The molecule has 0 heterocycles. The molecule has 3 atom stereocenters. The summed E-state index contributed by atoms with van der Waals surface area (Å²) in [6, 6.07) is -0.763. The lowest BCUT2D eigenvalue weighted by Gasteiger charge is -2.32. The molecular formula is C7H14N2O3. The van der Waals surface area contributed by atoms with Gasteiger partial charge in [0.05, 0.1) is 12.1 Å². The second kappa shape index (κ2) is 3.73. The van der Waals surface area contributed by atoms with E-state index in [9.17, 15) is 9.90 Å². The molecule has 0 saturated heterocycles. The minimum Gasteiger partial charge on any atom is -0.465 e. The van der Waals surface area contributed by atoms with Crippen LogP contribution in [0.5, 0.6) is 0 Å². The molecule has 0 spiro atoms. The Bertz CT molecular complexity index is 174. The molecule has 12 heavy (non-hydrogen) atoms. The first-order valence-corrected chi connectivity index (χ1v) is 4.04. The normalized spacial score (nSPS) is 36.0. The number of nitrogens with one attached hydrogen (secondary N) is 1. The second-order valence-electron chi connectivity index (χ2n) is 3.13. The van der Waals surface area contributed by atoms with E-state index in [4.69, 9.17) is 10.8 Å². The maximum absolute atomic E-state index is 10.3. The number of aliphatic hydroxyl groups excluding tert-OH is 1. The van der Waals surface area contributed by atoms with Crippen molar-refractivity contribution in [2.45, 2.75) is 37.5 Å². The smallest absolute Gasteiger partial charge is 0.404 e. The molecule has 1 fully saturated rings. The van der Waals surface area contributed by atoms with Crippen LogP contribution in [0.15, 0.2) is 0 Å². The zero-order chi connectivity index (χ0) is 9.14. The highest BCUT2D eigenvalue weighted by atomic mass is 16.4. The molecule has 5 heteroatoms. The van der Waals surface area contributed by atoms with Gasteiger partial charge in [0.2, 0.25) is 0 Å². The van der Waals surface area contributed by atoms with Crippen molar-refractivity contribution in [2.75, 3.05) is 0 Å². The Hall–Kier alpha value is -0.810. The van der Waals surface area contributed by atoms with Gasteiger partial charge >= 0.3 is 6.09 Å². The Morgan fingerprint density at radius 3 is 2.75 bits per heavy atom. The van der Waals surface area contributed by atoms with Crippen LogP contribution in [0.3, 0.4) is 0 Å². The Morgan fingerprint density at radius 1 is 1.50 bits per heavy atom. The molecule has 0 aromatic rings. The molecule has 1 saturated carbocycles. The minimum atomic E-state index is -1.08. The SMILES string of the molecule is NC1C(O)CCCC1NC(=O)O. The van der Waals surface area contributed by atoms with Gasteiger partial charge in [0.15, 0.2) is 0 Å². The Balaban J connectivity index is 2.46. The summed E-state index contributed by atoms with van der Waals surface area (Å²) in [6.45, 7) is 0. The molecule has 1 aliphatic rings. The van der Waals surface area contributed by atoms with Crippen LogP contribution in [0.2, 0.25) is 0 Å². The van der Waals surface area contributed by atoms with Crippen LogP contribution in [0.1, 0.15) is 19.3 Å². The summed E-state index contributed by atoms with van der Waals surface area (Å²) in [4.78, 5) is 10.3. The van der Waals surface area contributed by atoms with Crippen molar-refractivity contribution in [2.24, 2.45) is 5.73 Å². The van der Waals surface area contributed by atoms with Crippen molar-refractivity contribution in [1.82, 2.24) is 5.32 Å². The molecule has 1 rings (SSSR count). The van der Waals surface area contributed by atoms with E-state index >= 15 is 0 Å². The maximum atomic E-state index is 10.3. The topological polar surface area (TPSA) is 95.6 Å². The summed E-state index contributed by atoms with van der Waals surface area (Å²) >= 11 is 0. The first-order chi connectivity index (χ1) is 5.61. The lowest BCUT2D eigenvalue weighted by atomic mass is 9.89. The van der Waals surface area contributed by atoms with Gasteiger partial charge in [0.1, 0.15) is 0 Å². The number of amides is 1. The Kier molecular flexibility index (Phi) is 2.88. The van der Waals surface area contributed by atoms with E-state index in [0.29, 0.717) is 12.8 Å². The van der Waals surface area contributed by atoms with Crippen molar-refractivity contribution in [1.29, 1.82) is 0 Å². The van der Waals surface area contributed by atoms with E-state index in [0.717, 1.165) is 6.42 Å². The number of hydrogen-bond donors (Lipinski definition) is 4. The minimum absolute atomic E-state index is 0.300. The number of rotatable bonds is 1. The second-order valence-corrected chi connectivity index (χ2v) is 3.13. The monoisotopic (exact) mass is 174 g/mol. The molecule has 0 radical (unpaired) electrons. The largest absolute Gasteiger partial charge is 0.465 e. The fourth-order valence-corrected chi connectivity index (χ4v) is 1.53. The van der Waals surface area contributed by atoms with Crippen molar-refractivity contribution >= 4 is 6.09 Å². The fourth-order valence-electron chi connectivity index (χ4n) is 1.53. The first kappa shape index (κ1) is 9.28. The zero-order valence-corrected chi connectivity index (χ0v) is 6.73. The van der Waals surface area contributed by atoms with E-state index in [1.165, 1.54) is 0 Å². The standard InChI is InChI=1S/C7H14N2O3/c8-6-4(9-7(11)12)2-1-3-5(6)10/h4-6,9-10H,1-3,8H2,(H,11,12). The number of nitrogens with two attached hydrogens (primary N) is 1. The highest BCUT2D eigenvalue weighted by molar-refractivity contribution is 5.65. The molecule has 3 unspecified atom stereocenters. The van der Waals surface area contributed by atoms with Crippen molar-refractivity contribution in [3.63, 3.8) is 0 Å². The van der Waals surface area contributed by atoms with Crippen molar-refractivity contribution in [3.8, 4) is 0 Å². The van der Waals surface area contributed by atoms with Gasteiger partial charge in [-0.2, -0.15) is 0 Å². The van der Waals surface area contributed by atoms with Gasteiger partial charge in [0.25, 0.3) is 0 Å². The van der Waals surface area contributed by atoms with Gasteiger partial charge in [-0.15, -0.1) is 0 Å². The summed E-state index contributed by atoms with van der Waals surface area (Å²) in [5.41, 5.74) is 5.59. The van der Waals surface area contributed by atoms with Crippen LogP contribution in [0.25, 0.3) is 0 Å². The predicted octanol–water partition coefficient (Wildman–Crippen LogP) is -0.505. The number of carbonyl (C=O) groups is 1. The third kappa shape index (κ3) is 2.09. The molecule has 0 aliphatic heterocycles. The first-order valence-electron chi connectivity index (χ1n) is 4.04. The van der Waals surface area contributed by atoms with Crippen molar-refractivity contribution in [3.05, 3.63) is 0 Å². The molecule has 5 N–H and O–H groups in total. The van der Waals surface area contributed by atoms with Gasteiger partial charge in [-0.25, -0.2) is 4.79 Å². The Labute approximate surface area is 70.6 Å². The average molecular weight is 174 g/mol. The third-order valence-electron chi connectivity index (χ3n) is 2.23. The van der Waals surface area contributed by atoms with Crippen molar-refractivity contribution < 1.29 is 15.0 Å². The number of hydrogen-bond acceptors (Lipinski definition) is 3. The van der Waals surface area contributed by atoms with Crippen LogP contribution in [0, 0.1) is 0 Å². The highest BCUT2D eigenvalue weighted by Crippen LogP contribution is 2.17. The van der Waals surface area contributed by atoms with Gasteiger partial charge in [-0.1, -0.05) is 0 Å². The van der Waals surface area contributed by atoms with Crippen LogP contribution in [-0.2, 0) is 0 Å². The fraction of sp³-hybridized carbons (Fsp3) is 0.857. The molecule has 70 valence electrons. The summed E-state index contributed by atoms with van der Waals surface area (Å²) in [5, 5.41) is 20.0. The summed E-state index contributed by atoms with van der Waals surface area (Å²) in [5.74, 6) is 0. The quantitative estimate of drug-likeness (QED) is 0.430. The number of carboxylic acid groups (broad SMARTS) is 1. The van der Waals surface area contributed by atoms with E-state index in [-0.39, 0.29) is 6.04 Å². The van der Waals surface area contributed by atoms with Crippen LogP contribution >= 0.6 is 0 Å². The lowest BCUT2D eigenvalue weighted by Crippen LogP contribution is -2.55. The van der Waals surface area contributed by atoms with E-state index < -0.39 is 18.2 Å². The lowest BCUT2D eigenvalue weighted by molar-refractivity contribution is 0.0872. The molecule has 0 bridgehead atoms. The zero-order valence-electron chi connectivity index (χ0n) is 6.73. The molecular weight excluding hydrogens is 160 g/mol. The van der Waals surface area contributed by atoms with Gasteiger partial charge in [0, 0.05) is 6.04 Å². The molecule has 5 nitrogen and oxygen atoms in total. The molecule has 1 amide bonds. The van der Waals surface area contributed by atoms with Crippen LogP contribution < -0.4 is 11.1 Å². The predicted molar refractivity (Wildman–Crippen MR) is 42.8 cm³/mol. The maximum Gasteiger partial charge on any atom is 0.404 e. The Morgan fingerprint density at radius 2 is 2.17 bits per heavy atom. The number of aliphatic hydroxyl groups is 1. The van der Waals surface area contributed by atoms with E-state index in [1.54, 1.807) is 0 Å². The summed E-state index contributed by atoms with van der Waals surface area (Å²) < 4.78 is 0. The van der Waals surface area contributed by atoms with Gasteiger partial charge < -0.3 is 21.3 Å².